The van der Waals surface area contributed by atoms with E-state index in [9.17, 15) is 18.0 Å². The number of sulfonamides is 1. The molecule has 2 aromatic carbocycles. The van der Waals surface area contributed by atoms with Gasteiger partial charge in [-0.15, -0.1) is 20.4 Å². The van der Waals surface area contributed by atoms with Crippen LogP contribution in [0.4, 0.5) is 10.8 Å². The lowest BCUT2D eigenvalue weighted by Crippen LogP contribution is -2.30. The van der Waals surface area contributed by atoms with Crippen molar-refractivity contribution in [2.75, 3.05) is 16.3 Å². The third-order valence-electron chi connectivity index (χ3n) is 5.17. The number of ether oxygens (including phenoxy) is 1. The number of esters is 1. The molecule has 12 nitrogen and oxygen atoms in total. The van der Waals surface area contributed by atoms with Gasteiger partial charge < -0.3 is 10.1 Å². The summed E-state index contributed by atoms with van der Waals surface area (Å²) in [5, 5.41) is 19.8. The molecule has 0 aliphatic carbocycles. The van der Waals surface area contributed by atoms with Crippen molar-refractivity contribution < 1.29 is 22.7 Å². The van der Waals surface area contributed by atoms with Gasteiger partial charge in [0.05, 0.1) is 10.5 Å². The predicted molar refractivity (Wildman–Crippen MR) is 143 cm³/mol. The molecule has 1 atom stereocenters. The molecule has 38 heavy (non-hydrogen) atoms. The van der Waals surface area contributed by atoms with Crippen molar-refractivity contribution in [1.82, 2.24) is 25.0 Å². The third-order valence-corrected chi connectivity index (χ3v) is 8.04. The number of thioether (sulfide) groups is 1. The average Bonchev–Trinajstić information content (AvgIpc) is 3.48. The number of hydrogen-bond acceptors (Lipinski definition) is 11. The Morgan fingerprint density at radius 1 is 1.00 bits per heavy atom. The number of nitrogens with one attached hydrogen (secondary N) is 2. The van der Waals surface area contributed by atoms with Crippen molar-refractivity contribution in [1.29, 1.82) is 0 Å². The topological polar surface area (TPSA) is 158 Å². The second-order valence-corrected chi connectivity index (χ2v) is 11.5. The number of rotatable bonds is 9. The first-order valence-electron chi connectivity index (χ1n) is 11.1. The standard InChI is InChI=1S/C23H23N7O5S3/c1-13(35-21(32)16-5-9-18(10-6-16)30-14(2)25-28-23(30)36-4)20(31)24-17-7-11-19(12-8-17)38(33,34)29-22-27-26-15(3)37-22/h5-13H,1-4H3,(H,24,31)(H,27,29). The number of nitrogens with zero attached hydrogens (tertiary/aromatic N) is 5. The SMILES string of the molecule is CSc1nnc(C)n1-c1ccc(C(=O)OC(C)C(=O)Nc2ccc(S(=O)(=O)Nc3nnc(C)s3)cc2)cc1. The predicted octanol–water partition coefficient (Wildman–Crippen LogP) is 3.44. The van der Waals surface area contributed by atoms with Crippen molar-refractivity contribution in [3.8, 4) is 5.69 Å². The van der Waals surface area contributed by atoms with Crippen LogP contribution in [-0.2, 0) is 19.6 Å². The van der Waals surface area contributed by atoms with Crippen LogP contribution in [0.2, 0.25) is 0 Å². The van der Waals surface area contributed by atoms with Gasteiger partial charge in [-0.1, -0.05) is 23.1 Å². The highest BCUT2D eigenvalue weighted by Gasteiger charge is 2.21. The number of hydrogen-bond donors (Lipinski definition) is 2. The largest absolute Gasteiger partial charge is 0.449 e. The summed E-state index contributed by atoms with van der Waals surface area (Å²) in [7, 11) is -3.87. The molecule has 4 aromatic rings. The van der Waals surface area contributed by atoms with Crippen LogP contribution in [0.3, 0.4) is 0 Å². The van der Waals surface area contributed by atoms with Crippen molar-refractivity contribution in [2.24, 2.45) is 0 Å². The molecular formula is C23H23N7O5S3. The van der Waals surface area contributed by atoms with E-state index in [1.54, 1.807) is 31.2 Å². The van der Waals surface area contributed by atoms with Gasteiger partial charge in [-0.3, -0.25) is 14.1 Å². The van der Waals surface area contributed by atoms with E-state index in [2.05, 4.69) is 30.4 Å². The molecule has 0 spiro atoms. The summed E-state index contributed by atoms with van der Waals surface area (Å²) >= 11 is 2.56. The summed E-state index contributed by atoms with van der Waals surface area (Å²) < 4.78 is 34.6. The number of aromatic nitrogens is 5. The zero-order valence-corrected chi connectivity index (χ0v) is 23.1. The number of carbonyl (C=O) groups excluding carboxylic acids is 2. The number of amides is 1. The first-order chi connectivity index (χ1) is 18.1. The molecule has 198 valence electrons. The second kappa shape index (κ2) is 11.3. The van der Waals surface area contributed by atoms with Gasteiger partial charge in [0, 0.05) is 11.4 Å². The fraction of sp³-hybridized carbons (Fsp3) is 0.217. The summed E-state index contributed by atoms with van der Waals surface area (Å²) in [4.78, 5) is 25.1. The van der Waals surface area contributed by atoms with Gasteiger partial charge in [-0.2, -0.15) is 0 Å². The van der Waals surface area contributed by atoms with Crippen molar-refractivity contribution in [2.45, 2.75) is 36.9 Å². The van der Waals surface area contributed by atoms with E-state index in [1.807, 2.05) is 17.7 Å². The third kappa shape index (κ3) is 6.17. The molecule has 2 N–H and O–H groups in total. The molecule has 0 fully saturated rings. The zero-order valence-electron chi connectivity index (χ0n) is 20.7. The summed E-state index contributed by atoms with van der Waals surface area (Å²) in [5.41, 5.74) is 1.40. The zero-order chi connectivity index (χ0) is 27.4. The first-order valence-corrected chi connectivity index (χ1v) is 14.6. The quantitative estimate of drug-likeness (QED) is 0.224. The molecule has 0 aliphatic rings. The monoisotopic (exact) mass is 573 g/mol. The molecule has 0 saturated carbocycles. The van der Waals surface area contributed by atoms with Crippen LogP contribution >= 0.6 is 23.1 Å². The Hall–Kier alpha value is -3.82. The maximum Gasteiger partial charge on any atom is 0.338 e. The molecule has 0 saturated heterocycles. The van der Waals surface area contributed by atoms with Crippen LogP contribution in [0.1, 0.15) is 28.1 Å². The Bertz CT molecular complexity index is 1570. The minimum Gasteiger partial charge on any atom is -0.449 e. The van der Waals surface area contributed by atoms with Crippen molar-refractivity contribution in [3.05, 3.63) is 64.9 Å². The van der Waals surface area contributed by atoms with Gasteiger partial charge in [-0.25, -0.2) is 13.2 Å². The Morgan fingerprint density at radius 2 is 1.68 bits per heavy atom. The molecule has 0 bridgehead atoms. The summed E-state index contributed by atoms with van der Waals surface area (Å²) in [6.45, 7) is 4.99. The van der Waals surface area contributed by atoms with Gasteiger partial charge in [-0.05, 0) is 75.6 Å². The van der Waals surface area contributed by atoms with Gasteiger partial charge >= 0.3 is 5.97 Å². The molecule has 1 unspecified atom stereocenters. The highest BCUT2D eigenvalue weighted by Crippen LogP contribution is 2.22. The van der Waals surface area contributed by atoms with Crippen LogP contribution in [0.5, 0.6) is 0 Å². The van der Waals surface area contributed by atoms with E-state index >= 15 is 0 Å². The summed E-state index contributed by atoms with van der Waals surface area (Å²) in [5.74, 6) is -0.522. The fourth-order valence-corrected chi connectivity index (χ4v) is 5.64. The van der Waals surface area contributed by atoms with Gasteiger partial charge in [0.1, 0.15) is 10.8 Å². The van der Waals surface area contributed by atoms with E-state index in [0.717, 1.165) is 22.2 Å². The molecular weight excluding hydrogens is 550 g/mol. The van der Waals surface area contributed by atoms with Crippen LogP contribution in [0.15, 0.2) is 58.6 Å². The number of anilines is 2. The molecule has 4 rings (SSSR count). The maximum atomic E-state index is 12.6. The molecule has 2 aromatic heterocycles. The Labute approximate surface area is 226 Å². The fourth-order valence-electron chi connectivity index (χ4n) is 3.27. The van der Waals surface area contributed by atoms with Crippen LogP contribution in [0, 0.1) is 13.8 Å². The van der Waals surface area contributed by atoms with Crippen LogP contribution < -0.4 is 10.0 Å². The molecule has 0 radical (unpaired) electrons. The number of benzene rings is 2. The van der Waals surface area contributed by atoms with E-state index in [4.69, 9.17) is 4.74 Å². The van der Waals surface area contributed by atoms with Gasteiger partial charge in [0.2, 0.25) is 5.13 Å². The highest BCUT2D eigenvalue weighted by atomic mass is 32.2. The number of aryl methyl sites for hydroxylation is 2. The van der Waals surface area contributed by atoms with Gasteiger partial charge in [0.15, 0.2) is 11.3 Å². The van der Waals surface area contributed by atoms with E-state index in [-0.39, 0.29) is 15.6 Å². The summed E-state index contributed by atoms with van der Waals surface area (Å²) in [6.07, 6.45) is 0.796. The lowest BCUT2D eigenvalue weighted by atomic mass is 10.2. The Kier molecular flexibility index (Phi) is 8.08. The number of carbonyl (C=O) groups is 2. The Balaban J connectivity index is 1.35. The van der Waals surface area contributed by atoms with Crippen LogP contribution in [-0.4, -0.2) is 57.6 Å². The van der Waals surface area contributed by atoms with E-state index < -0.39 is 28.0 Å². The lowest BCUT2D eigenvalue weighted by molar-refractivity contribution is -0.123. The Morgan fingerprint density at radius 3 is 2.29 bits per heavy atom. The van der Waals surface area contributed by atoms with Crippen LogP contribution in [0.25, 0.3) is 5.69 Å². The second-order valence-electron chi connectivity index (χ2n) is 7.91. The molecule has 15 heteroatoms. The highest BCUT2D eigenvalue weighted by molar-refractivity contribution is 7.98. The molecule has 0 aliphatic heterocycles. The lowest BCUT2D eigenvalue weighted by Gasteiger charge is -2.14. The minimum absolute atomic E-state index is 0.0161. The first kappa shape index (κ1) is 27.2. The average molecular weight is 574 g/mol. The van der Waals surface area contributed by atoms with E-state index in [1.165, 1.54) is 43.0 Å². The normalized spacial score (nSPS) is 12.1. The van der Waals surface area contributed by atoms with Crippen molar-refractivity contribution in [3.63, 3.8) is 0 Å². The maximum absolute atomic E-state index is 12.6. The van der Waals surface area contributed by atoms with Crippen molar-refractivity contribution >= 4 is 55.8 Å². The van der Waals surface area contributed by atoms with E-state index in [0.29, 0.717) is 16.5 Å². The smallest absolute Gasteiger partial charge is 0.338 e. The minimum atomic E-state index is -3.87. The van der Waals surface area contributed by atoms with Gasteiger partial charge in [0.25, 0.3) is 15.9 Å². The summed E-state index contributed by atoms with van der Waals surface area (Å²) in [6, 6.07) is 12.2. The molecule has 1 amide bonds. The molecule has 2 heterocycles.